The van der Waals surface area contributed by atoms with Gasteiger partial charge in [0.05, 0.1) is 12.2 Å². The smallest absolute Gasteiger partial charge is 0.378 e. The summed E-state index contributed by atoms with van der Waals surface area (Å²) < 4.78 is 9.59. The quantitative estimate of drug-likeness (QED) is 0.680. The minimum absolute atomic E-state index is 0.169. The molecule has 2 rings (SSSR count). The number of hydrogen-bond donors (Lipinski definition) is 3. The highest BCUT2D eigenvalue weighted by molar-refractivity contribution is 5.93. The van der Waals surface area contributed by atoms with Gasteiger partial charge in [0, 0.05) is 0 Å². The first-order chi connectivity index (χ1) is 10.5. The minimum Gasteiger partial charge on any atom is -0.499 e. The Bertz CT molecular complexity index is 630. The van der Waals surface area contributed by atoms with Gasteiger partial charge in [-0.15, -0.1) is 0 Å². The molecule has 7 heteroatoms. The van der Waals surface area contributed by atoms with E-state index in [1.807, 2.05) is 0 Å². The highest BCUT2D eigenvalue weighted by atomic mass is 16.6. The number of aliphatic hydroxyl groups excluding tert-OH is 3. The van der Waals surface area contributed by atoms with Crippen molar-refractivity contribution in [3.8, 4) is 0 Å². The van der Waals surface area contributed by atoms with Crippen LogP contribution in [0, 0.1) is 0 Å². The summed E-state index contributed by atoms with van der Waals surface area (Å²) in [6.07, 6.45) is -1.35. The third kappa shape index (κ3) is 3.00. The lowest BCUT2D eigenvalue weighted by Gasteiger charge is -2.17. The predicted molar refractivity (Wildman–Crippen MR) is 74.6 cm³/mol. The fourth-order valence-electron chi connectivity index (χ4n) is 1.83. The lowest BCUT2D eigenvalue weighted by atomic mass is 10.1. The second-order valence-electron chi connectivity index (χ2n) is 4.50. The second kappa shape index (κ2) is 6.42. The van der Waals surface area contributed by atoms with E-state index in [4.69, 9.17) is 9.84 Å². The highest BCUT2D eigenvalue weighted by Gasteiger charge is 2.41. The molecule has 1 aliphatic rings. The normalized spacial score (nSPS) is 18.8. The average Bonchev–Trinajstić information content (AvgIpc) is 2.82. The van der Waals surface area contributed by atoms with E-state index in [1.165, 1.54) is 12.1 Å². The Hall–Kier alpha value is -2.64. The Morgan fingerprint density at radius 1 is 1.41 bits per heavy atom. The molecule has 0 amide bonds. The van der Waals surface area contributed by atoms with Crippen molar-refractivity contribution >= 4 is 18.0 Å². The molecule has 1 heterocycles. The van der Waals surface area contributed by atoms with E-state index in [0.29, 0.717) is 0 Å². The van der Waals surface area contributed by atoms with Crippen LogP contribution in [0.4, 0.5) is 0 Å². The van der Waals surface area contributed by atoms with Gasteiger partial charge in [-0.05, 0) is 17.7 Å². The Kier molecular flexibility index (Phi) is 4.59. The molecule has 3 N–H and O–H groups in total. The molecule has 22 heavy (non-hydrogen) atoms. The first-order valence-corrected chi connectivity index (χ1v) is 6.35. The van der Waals surface area contributed by atoms with Gasteiger partial charge in [0.2, 0.25) is 11.5 Å². The summed E-state index contributed by atoms with van der Waals surface area (Å²) in [6.45, 7) is 2.85. The summed E-state index contributed by atoms with van der Waals surface area (Å²) in [5, 5.41) is 28.0. The van der Waals surface area contributed by atoms with E-state index < -0.39 is 42.3 Å². The molecular weight excluding hydrogens is 292 g/mol. The third-order valence-corrected chi connectivity index (χ3v) is 3.04. The molecular formula is C15H14O7. The van der Waals surface area contributed by atoms with Crippen molar-refractivity contribution in [3.05, 3.63) is 53.5 Å². The zero-order valence-electron chi connectivity index (χ0n) is 11.4. The van der Waals surface area contributed by atoms with Crippen LogP contribution in [0.25, 0.3) is 6.08 Å². The molecule has 0 saturated carbocycles. The maximum atomic E-state index is 12.0. The van der Waals surface area contributed by atoms with Gasteiger partial charge in [-0.3, -0.25) is 0 Å². The molecule has 1 aromatic rings. The van der Waals surface area contributed by atoms with Gasteiger partial charge in [0.25, 0.3) is 0 Å². The Morgan fingerprint density at radius 3 is 2.59 bits per heavy atom. The van der Waals surface area contributed by atoms with Crippen molar-refractivity contribution in [1.29, 1.82) is 0 Å². The Balaban J connectivity index is 2.20. The molecule has 1 aromatic carbocycles. The van der Waals surface area contributed by atoms with Crippen molar-refractivity contribution in [2.75, 3.05) is 6.61 Å². The summed E-state index contributed by atoms with van der Waals surface area (Å²) in [7, 11) is 0. The van der Waals surface area contributed by atoms with Crippen molar-refractivity contribution in [2.24, 2.45) is 0 Å². The SMILES string of the molecule is C=Cc1ccc(C(=O)OC2=C(O)C(=O)O[C@@H]2[C@@H](O)CO)cc1. The maximum Gasteiger partial charge on any atom is 0.378 e. The van der Waals surface area contributed by atoms with Crippen LogP contribution >= 0.6 is 0 Å². The van der Waals surface area contributed by atoms with Crippen LogP contribution in [0.15, 0.2) is 42.4 Å². The van der Waals surface area contributed by atoms with Gasteiger partial charge < -0.3 is 24.8 Å². The lowest BCUT2D eigenvalue weighted by molar-refractivity contribution is -0.147. The van der Waals surface area contributed by atoms with Gasteiger partial charge in [0.15, 0.2) is 6.10 Å². The summed E-state index contributed by atoms with van der Waals surface area (Å²) in [6, 6.07) is 6.22. The molecule has 116 valence electrons. The van der Waals surface area contributed by atoms with Crippen LogP contribution in [0.5, 0.6) is 0 Å². The zero-order chi connectivity index (χ0) is 16.3. The predicted octanol–water partition coefficient (Wildman–Crippen LogP) is 0.535. The summed E-state index contributed by atoms with van der Waals surface area (Å²) >= 11 is 0. The summed E-state index contributed by atoms with van der Waals surface area (Å²) in [4.78, 5) is 23.3. The molecule has 0 bridgehead atoms. The Morgan fingerprint density at radius 2 is 2.05 bits per heavy atom. The maximum absolute atomic E-state index is 12.0. The third-order valence-electron chi connectivity index (χ3n) is 3.04. The van der Waals surface area contributed by atoms with Gasteiger partial charge in [0.1, 0.15) is 6.10 Å². The fourth-order valence-corrected chi connectivity index (χ4v) is 1.83. The van der Waals surface area contributed by atoms with Crippen LogP contribution in [-0.2, 0) is 14.3 Å². The van der Waals surface area contributed by atoms with Crippen LogP contribution in [0.1, 0.15) is 15.9 Å². The average molecular weight is 306 g/mol. The zero-order valence-corrected chi connectivity index (χ0v) is 11.4. The largest absolute Gasteiger partial charge is 0.499 e. The Labute approximate surface area is 125 Å². The topological polar surface area (TPSA) is 113 Å². The number of cyclic esters (lactones) is 1. The van der Waals surface area contributed by atoms with Crippen molar-refractivity contribution in [1.82, 2.24) is 0 Å². The number of rotatable bonds is 5. The van der Waals surface area contributed by atoms with E-state index in [-0.39, 0.29) is 5.56 Å². The summed E-state index contributed by atoms with van der Waals surface area (Å²) in [5.74, 6) is -3.41. The number of esters is 2. The first-order valence-electron chi connectivity index (χ1n) is 6.35. The van der Waals surface area contributed by atoms with Crippen LogP contribution < -0.4 is 0 Å². The minimum atomic E-state index is -1.51. The summed E-state index contributed by atoms with van der Waals surface area (Å²) in [5.41, 5.74) is 0.967. The first kappa shape index (κ1) is 15.7. The molecule has 0 fully saturated rings. The number of aliphatic hydroxyl groups is 3. The molecule has 0 spiro atoms. The van der Waals surface area contributed by atoms with Crippen molar-refractivity contribution in [2.45, 2.75) is 12.2 Å². The van der Waals surface area contributed by atoms with E-state index >= 15 is 0 Å². The van der Waals surface area contributed by atoms with Gasteiger partial charge >= 0.3 is 11.9 Å². The standard InChI is InChI=1S/C15H14O7/c1-2-8-3-5-9(6-4-8)14(19)22-13-11(18)15(20)21-12(13)10(17)7-16/h2-6,10,12,16-18H,1,7H2/t10-,12+/m0/s1. The van der Waals surface area contributed by atoms with Crippen LogP contribution in [0.3, 0.4) is 0 Å². The van der Waals surface area contributed by atoms with Gasteiger partial charge in [-0.2, -0.15) is 0 Å². The van der Waals surface area contributed by atoms with Crippen LogP contribution in [0.2, 0.25) is 0 Å². The molecule has 0 aliphatic carbocycles. The molecule has 0 saturated heterocycles. The van der Waals surface area contributed by atoms with Crippen molar-refractivity contribution < 1.29 is 34.4 Å². The molecule has 7 nitrogen and oxygen atoms in total. The van der Waals surface area contributed by atoms with E-state index in [1.54, 1.807) is 18.2 Å². The van der Waals surface area contributed by atoms with Crippen LogP contribution in [-0.4, -0.2) is 46.1 Å². The number of hydrogen-bond acceptors (Lipinski definition) is 7. The molecule has 1 aliphatic heterocycles. The molecule has 0 aromatic heterocycles. The fraction of sp³-hybridized carbons (Fsp3) is 0.200. The highest BCUT2D eigenvalue weighted by Crippen LogP contribution is 2.26. The molecule has 2 atom stereocenters. The van der Waals surface area contributed by atoms with Gasteiger partial charge in [-0.25, -0.2) is 9.59 Å². The lowest BCUT2D eigenvalue weighted by Crippen LogP contribution is -2.33. The van der Waals surface area contributed by atoms with E-state index in [0.717, 1.165) is 5.56 Å². The van der Waals surface area contributed by atoms with Crippen molar-refractivity contribution in [3.63, 3.8) is 0 Å². The van der Waals surface area contributed by atoms with E-state index in [9.17, 15) is 19.8 Å². The number of benzene rings is 1. The number of carbonyl (C=O) groups excluding carboxylic acids is 2. The van der Waals surface area contributed by atoms with Gasteiger partial charge in [-0.1, -0.05) is 24.8 Å². The molecule has 0 unspecified atom stereocenters. The molecule has 0 radical (unpaired) electrons. The second-order valence-corrected chi connectivity index (χ2v) is 4.50. The monoisotopic (exact) mass is 306 g/mol. The number of ether oxygens (including phenoxy) is 2. The van der Waals surface area contributed by atoms with E-state index in [2.05, 4.69) is 11.3 Å². The number of carbonyl (C=O) groups is 2.